The lowest BCUT2D eigenvalue weighted by atomic mass is 10.1. The third-order valence-electron chi connectivity index (χ3n) is 3.99. The van der Waals surface area contributed by atoms with Gasteiger partial charge in [0.1, 0.15) is 5.82 Å². The first-order valence-electron chi connectivity index (χ1n) is 8.47. The van der Waals surface area contributed by atoms with E-state index in [-0.39, 0.29) is 11.7 Å². The van der Waals surface area contributed by atoms with Crippen molar-refractivity contribution in [2.45, 2.75) is 17.0 Å². The highest BCUT2D eigenvalue weighted by molar-refractivity contribution is 8.00. The molecule has 4 aromatic rings. The van der Waals surface area contributed by atoms with Crippen LogP contribution < -0.4 is 5.32 Å². The van der Waals surface area contributed by atoms with Gasteiger partial charge in [0.25, 0.3) is 5.91 Å². The fourth-order valence-corrected chi connectivity index (χ4v) is 4.41. The number of pyridine rings is 1. The van der Waals surface area contributed by atoms with E-state index in [1.807, 2.05) is 31.2 Å². The number of thioether (sulfide) groups is 1. The highest BCUT2D eigenvalue weighted by atomic mass is 32.2. The van der Waals surface area contributed by atoms with Crippen molar-refractivity contribution in [3.05, 3.63) is 77.2 Å². The van der Waals surface area contributed by atoms with Gasteiger partial charge in [-0.15, -0.1) is 10.2 Å². The average Bonchev–Trinajstić information content (AvgIpc) is 3.14. The molecule has 0 saturated heterocycles. The van der Waals surface area contributed by atoms with Crippen molar-refractivity contribution in [2.24, 2.45) is 0 Å². The van der Waals surface area contributed by atoms with Crippen LogP contribution in [0.5, 0.6) is 0 Å². The van der Waals surface area contributed by atoms with Crippen LogP contribution in [0.1, 0.15) is 21.6 Å². The second kappa shape index (κ2) is 8.04. The Morgan fingerprint density at radius 1 is 1.14 bits per heavy atom. The monoisotopic (exact) mass is 410 g/mol. The third kappa shape index (κ3) is 4.18. The van der Waals surface area contributed by atoms with E-state index < -0.39 is 0 Å². The van der Waals surface area contributed by atoms with Crippen LogP contribution in [-0.4, -0.2) is 21.1 Å². The maximum atomic E-state index is 13.0. The van der Waals surface area contributed by atoms with Crippen LogP contribution in [0.4, 0.5) is 9.52 Å². The summed E-state index contributed by atoms with van der Waals surface area (Å²) in [5.74, 6) is 0.151. The number of amides is 1. The van der Waals surface area contributed by atoms with E-state index in [0.717, 1.165) is 26.5 Å². The minimum Gasteiger partial charge on any atom is -0.296 e. The number of halogens is 1. The predicted molar refractivity (Wildman–Crippen MR) is 110 cm³/mol. The zero-order valence-electron chi connectivity index (χ0n) is 14.8. The molecular weight excluding hydrogens is 395 g/mol. The minimum atomic E-state index is -0.256. The van der Waals surface area contributed by atoms with Gasteiger partial charge < -0.3 is 0 Å². The van der Waals surface area contributed by atoms with Crippen molar-refractivity contribution in [2.75, 3.05) is 5.32 Å². The van der Waals surface area contributed by atoms with Crippen LogP contribution in [-0.2, 0) is 5.75 Å². The second-order valence-electron chi connectivity index (χ2n) is 6.07. The lowest BCUT2D eigenvalue weighted by molar-refractivity contribution is 0.102. The van der Waals surface area contributed by atoms with E-state index in [2.05, 4.69) is 20.5 Å². The molecular formula is C20H15FN4OS2. The fraction of sp³-hybridized carbons (Fsp3) is 0.100. The van der Waals surface area contributed by atoms with E-state index in [1.165, 1.54) is 35.2 Å². The molecule has 2 aromatic heterocycles. The van der Waals surface area contributed by atoms with Crippen LogP contribution in [0.2, 0.25) is 0 Å². The molecule has 8 heteroatoms. The SMILES string of the molecule is Cc1cc(C(=O)Nc2nnc(SCc3ccc(F)cc3)s2)c2ccccc2n1. The highest BCUT2D eigenvalue weighted by Crippen LogP contribution is 2.29. The van der Waals surface area contributed by atoms with Gasteiger partial charge in [-0.2, -0.15) is 0 Å². The van der Waals surface area contributed by atoms with Crippen molar-refractivity contribution in [3.8, 4) is 0 Å². The molecule has 28 heavy (non-hydrogen) atoms. The number of hydrogen-bond acceptors (Lipinski definition) is 6. The van der Waals surface area contributed by atoms with Crippen LogP contribution >= 0.6 is 23.1 Å². The normalized spacial score (nSPS) is 10.9. The van der Waals surface area contributed by atoms with Gasteiger partial charge in [-0.1, -0.05) is 53.4 Å². The van der Waals surface area contributed by atoms with Crippen LogP contribution in [0, 0.1) is 12.7 Å². The van der Waals surface area contributed by atoms with Gasteiger partial charge in [-0.25, -0.2) is 4.39 Å². The molecule has 2 heterocycles. The van der Waals surface area contributed by atoms with Gasteiger partial charge in [0, 0.05) is 16.8 Å². The van der Waals surface area contributed by atoms with Gasteiger partial charge in [0.05, 0.1) is 11.1 Å². The number of para-hydroxylation sites is 1. The summed E-state index contributed by atoms with van der Waals surface area (Å²) in [4.78, 5) is 17.2. The summed E-state index contributed by atoms with van der Waals surface area (Å²) < 4.78 is 13.7. The number of carbonyl (C=O) groups excluding carboxylic acids is 1. The molecule has 0 fully saturated rings. The Labute approximate surface area is 169 Å². The Bertz CT molecular complexity index is 1140. The Hall–Kier alpha value is -2.84. The molecule has 1 amide bonds. The largest absolute Gasteiger partial charge is 0.296 e. The number of fused-ring (bicyclic) bond motifs is 1. The van der Waals surface area contributed by atoms with Gasteiger partial charge >= 0.3 is 0 Å². The second-order valence-corrected chi connectivity index (χ2v) is 8.27. The van der Waals surface area contributed by atoms with Crippen LogP contribution in [0.15, 0.2) is 58.9 Å². The predicted octanol–water partition coefficient (Wildman–Crippen LogP) is 5.08. The zero-order valence-corrected chi connectivity index (χ0v) is 16.5. The first-order valence-corrected chi connectivity index (χ1v) is 10.3. The standard InChI is InChI=1S/C20H15FN4OS2/c1-12-10-16(15-4-2-3-5-17(15)22-12)18(26)23-19-24-25-20(28-19)27-11-13-6-8-14(21)9-7-13/h2-10H,11H2,1H3,(H,23,24,26). The van der Waals surface area contributed by atoms with Crippen molar-refractivity contribution in [3.63, 3.8) is 0 Å². The summed E-state index contributed by atoms with van der Waals surface area (Å²) in [5, 5.41) is 12.2. The molecule has 0 radical (unpaired) electrons. The van der Waals surface area contributed by atoms with E-state index in [1.54, 1.807) is 18.2 Å². The number of benzene rings is 2. The van der Waals surface area contributed by atoms with Gasteiger partial charge in [0.2, 0.25) is 5.13 Å². The van der Waals surface area contributed by atoms with Crippen molar-refractivity contribution >= 4 is 45.0 Å². The number of anilines is 1. The van der Waals surface area contributed by atoms with Crippen LogP contribution in [0.25, 0.3) is 10.9 Å². The topological polar surface area (TPSA) is 67.8 Å². The van der Waals surface area contributed by atoms with Gasteiger partial charge in [-0.05, 0) is 36.8 Å². The molecule has 5 nitrogen and oxygen atoms in total. The van der Waals surface area contributed by atoms with E-state index in [4.69, 9.17) is 0 Å². The zero-order chi connectivity index (χ0) is 19.5. The molecule has 0 spiro atoms. The summed E-state index contributed by atoms with van der Waals surface area (Å²) in [6, 6.07) is 15.6. The molecule has 4 rings (SSSR count). The van der Waals surface area contributed by atoms with E-state index in [9.17, 15) is 9.18 Å². The Balaban J connectivity index is 1.47. The molecule has 0 bridgehead atoms. The maximum absolute atomic E-state index is 13.0. The molecule has 0 unspecified atom stereocenters. The quantitative estimate of drug-likeness (QED) is 0.367. The molecule has 1 N–H and O–H groups in total. The number of aromatic nitrogens is 3. The van der Waals surface area contributed by atoms with E-state index >= 15 is 0 Å². The smallest absolute Gasteiger partial charge is 0.258 e. The number of nitrogens with zero attached hydrogens (tertiary/aromatic N) is 3. The third-order valence-corrected chi connectivity index (χ3v) is 6.03. The minimum absolute atomic E-state index is 0.243. The maximum Gasteiger partial charge on any atom is 0.258 e. The number of carbonyl (C=O) groups is 1. The molecule has 0 aliphatic rings. The highest BCUT2D eigenvalue weighted by Gasteiger charge is 2.14. The first-order chi connectivity index (χ1) is 13.6. The number of rotatable bonds is 5. The summed E-state index contributed by atoms with van der Waals surface area (Å²) in [5.41, 5.74) is 3.10. The summed E-state index contributed by atoms with van der Waals surface area (Å²) in [6.07, 6.45) is 0. The molecule has 2 aromatic carbocycles. The molecule has 0 aliphatic heterocycles. The Kier molecular flexibility index (Phi) is 5.31. The molecule has 140 valence electrons. The molecule has 0 atom stereocenters. The summed E-state index contributed by atoms with van der Waals surface area (Å²) in [7, 11) is 0. The Morgan fingerprint density at radius 3 is 2.75 bits per heavy atom. The van der Waals surface area contributed by atoms with Crippen molar-refractivity contribution in [1.29, 1.82) is 0 Å². The number of aryl methyl sites for hydroxylation is 1. The van der Waals surface area contributed by atoms with Gasteiger partial charge in [0.15, 0.2) is 4.34 Å². The molecule has 0 aliphatic carbocycles. The summed E-state index contributed by atoms with van der Waals surface area (Å²) >= 11 is 2.80. The molecule has 0 saturated carbocycles. The summed E-state index contributed by atoms with van der Waals surface area (Å²) in [6.45, 7) is 1.86. The van der Waals surface area contributed by atoms with Crippen molar-refractivity contribution < 1.29 is 9.18 Å². The van der Waals surface area contributed by atoms with Gasteiger partial charge in [-0.3, -0.25) is 15.1 Å². The Morgan fingerprint density at radius 2 is 1.93 bits per heavy atom. The number of hydrogen-bond donors (Lipinski definition) is 1. The lowest BCUT2D eigenvalue weighted by Gasteiger charge is -2.07. The average molecular weight is 410 g/mol. The lowest BCUT2D eigenvalue weighted by Crippen LogP contribution is -2.13. The van der Waals surface area contributed by atoms with Crippen LogP contribution in [0.3, 0.4) is 0 Å². The van der Waals surface area contributed by atoms with Crippen molar-refractivity contribution in [1.82, 2.24) is 15.2 Å². The number of nitrogens with one attached hydrogen (secondary N) is 1. The first kappa shape index (κ1) is 18.5. The fourth-order valence-electron chi connectivity index (χ4n) is 2.70. The van der Waals surface area contributed by atoms with E-state index in [0.29, 0.717) is 16.4 Å².